The molecule has 0 bridgehead atoms. The molecule has 1 heterocycles. The molecule has 1 aliphatic carbocycles. The number of benzene rings is 1. The SMILES string of the molecule is Cc1cc(F)ccc1C(=O)NCc1cc2c(s1)CCC2. The number of aryl methyl sites for hydroxylation is 3. The van der Waals surface area contributed by atoms with E-state index in [0.29, 0.717) is 17.7 Å². The second-order valence-corrected chi connectivity index (χ2v) is 6.38. The Bertz CT molecular complexity index is 641. The topological polar surface area (TPSA) is 29.1 Å². The van der Waals surface area contributed by atoms with Gasteiger partial charge in [-0.15, -0.1) is 11.3 Å². The standard InChI is InChI=1S/C16H16FNOS/c1-10-7-12(17)5-6-14(10)16(19)18-9-13-8-11-3-2-4-15(11)20-13/h5-8H,2-4,9H2,1H3,(H,18,19). The number of carbonyl (C=O) groups excluding carboxylic acids is 1. The lowest BCUT2D eigenvalue weighted by atomic mass is 10.1. The Labute approximate surface area is 121 Å². The highest BCUT2D eigenvalue weighted by Gasteiger charge is 2.15. The minimum Gasteiger partial charge on any atom is -0.347 e. The van der Waals surface area contributed by atoms with Gasteiger partial charge in [-0.25, -0.2) is 4.39 Å². The molecule has 0 saturated carbocycles. The first-order valence-electron chi connectivity index (χ1n) is 6.78. The molecule has 3 rings (SSSR count). The third kappa shape index (κ3) is 2.61. The molecule has 0 radical (unpaired) electrons. The number of halogens is 1. The predicted octanol–water partition coefficient (Wildman–Crippen LogP) is 3.61. The molecule has 2 nitrogen and oxygen atoms in total. The quantitative estimate of drug-likeness (QED) is 0.919. The molecule has 4 heteroatoms. The summed E-state index contributed by atoms with van der Waals surface area (Å²) in [5.41, 5.74) is 2.64. The fourth-order valence-corrected chi connectivity index (χ4v) is 3.82. The Morgan fingerprint density at radius 3 is 2.95 bits per heavy atom. The zero-order valence-electron chi connectivity index (χ0n) is 11.3. The van der Waals surface area contributed by atoms with Gasteiger partial charge in [0.2, 0.25) is 0 Å². The number of fused-ring (bicyclic) bond motifs is 1. The minimum absolute atomic E-state index is 0.143. The molecule has 20 heavy (non-hydrogen) atoms. The molecule has 1 aromatic carbocycles. The fourth-order valence-electron chi connectivity index (χ4n) is 2.62. The summed E-state index contributed by atoms with van der Waals surface area (Å²) >= 11 is 1.79. The molecule has 0 unspecified atom stereocenters. The molecule has 1 N–H and O–H groups in total. The average molecular weight is 289 g/mol. The minimum atomic E-state index is -0.311. The molecular formula is C16H16FNOS. The van der Waals surface area contributed by atoms with E-state index in [4.69, 9.17) is 0 Å². The highest BCUT2D eigenvalue weighted by Crippen LogP contribution is 2.30. The van der Waals surface area contributed by atoms with Crippen molar-refractivity contribution in [1.29, 1.82) is 0 Å². The third-order valence-corrected chi connectivity index (χ3v) is 4.89. The normalized spacial score (nSPS) is 13.3. The smallest absolute Gasteiger partial charge is 0.251 e. The van der Waals surface area contributed by atoms with Crippen molar-refractivity contribution in [3.8, 4) is 0 Å². The van der Waals surface area contributed by atoms with Gasteiger partial charge in [0.1, 0.15) is 5.82 Å². The van der Waals surface area contributed by atoms with Gasteiger partial charge in [-0.1, -0.05) is 0 Å². The Balaban J connectivity index is 1.66. The van der Waals surface area contributed by atoms with E-state index in [9.17, 15) is 9.18 Å². The summed E-state index contributed by atoms with van der Waals surface area (Å²) < 4.78 is 13.0. The highest BCUT2D eigenvalue weighted by molar-refractivity contribution is 7.12. The average Bonchev–Trinajstić information content (AvgIpc) is 2.96. The van der Waals surface area contributed by atoms with Gasteiger partial charge in [-0.05, 0) is 61.6 Å². The molecule has 0 atom stereocenters. The van der Waals surface area contributed by atoms with Crippen molar-refractivity contribution in [2.24, 2.45) is 0 Å². The van der Waals surface area contributed by atoms with Gasteiger partial charge in [-0.3, -0.25) is 4.79 Å². The van der Waals surface area contributed by atoms with Crippen LogP contribution >= 0.6 is 11.3 Å². The summed E-state index contributed by atoms with van der Waals surface area (Å²) in [6.45, 7) is 2.30. The number of hydrogen-bond donors (Lipinski definition) is 1. The maximum absolute atomic E-state index is 13.0. The molecular weight excluding hydrogens is 273 g/mol. The summed E-state index contributed by atoms with van der Waals surface area (Å²) in [7, 11) is 0. The number of carbonyl (C=O) groups is 1. The van der Waals surface area contributed by atoms with E-state index in [0.717, 1.165) is 6.42 Å². The fraction of sp³-hybridized carbons (Fsp3) is 0.312. The van der Waals surface area contributed by atoms with Crippen LogP contribution in [0.15, 0.2) is 24.3 Å². The van der Waals surface area contributed by atoms with Gasteiger partial charge in [0.05, 0.1) is 6.54 Å². The number of amides is 1. The number of rotatable bonds is 3. The Morgan fingerprint density at radius 1 is 1.35 bits per heavy atom. The Hall–Kier alpha value is -1.68. The maximum atomic E-state index is 13.0. The van der Waals surface area contributed by atoms with Crippen LogP contribution in [0.5, 0.6) is 0 Å². The van der Waals surface area contributed by atoms with Crippen LogP contribution in [0.25, 0.3) is 0 Å². The maximum Gasteiger partial charge on any atom is 0.251 e. The molecule has 104 valence electrons. The number of hydrogen-bond acceptors (Lipinski definition) is 2. The van der Waals surface area contributed by atoms with Gasteiger partial charge >= 0.3 is 0 Å². The van der Waals surface area contributed by atoms with Gasteiger partial charge in [-0.2, -0.15) is 0 Å². The lowest BCUT2D eigenvalue weighted by Crippen LogP contribution is -2.23. The largest absolute Gasteiger partial charge is 0.347 e. The zero-order chi connectivity index (χ0) is 14.1. The first-order chi connectivity index (χ1) is 9.63. The van der Waals surface area contributed by atoms with Crippen molar-refractivity contribution >= 4 is 17.2 Å². The van der Waals surface area contributed by atoms with E-state index in [1.807, 2.05) is 0 Å². The van der Waals surface area contributed by atoms with Gasteiger partial charge < -0.3 is 5.32 Å². The molecule has 1 aliphatic rings. The Kier molecular flexibility index (Phi) is 3.57. The molecule has 0 spiro atoms. The van der Waals surface area contributed by atoms with Gasteiger partial charge in [0.15, 0.2) is 0 Å². The van der Waals surface area contributed by atoms with E-state index in [1.54, 1.807) is 18.3 Å². The summed E-state index contributed by atoms with van der Waals surface area (Å²) in [5, 5.41) is 2.91. The van der Waals surface area contributed by atoms with E-state index >= 15 is 0 Å². The third-order valence-electron chi connectivity index (χ3n) is 3.65. The molecule has 1 aromatic heterocycles. The van der Waals surface area contributed by atoms with Crippen LogP contribution in [0.3, 0.4) is 0 Å². The monoisotopic (exact) mass is 289 g/mol. The second-order valence-electron chi connectivity index (χ2n) is 5.16. The van der Waals surface area contributed by atoms with E-state index in [1.165, 1.54) is 46.4 Å². The highest BCUT2D eigenvalue weighted by atomic mass is 32.1. The number of nitrogens with one attached hydrogen (secondary N) is 1. The van der Waals surface area contributed by atoms with E-state index < -0.39 is 0 Å². The van der Waals surface area contributed by atoms with Crippen LogP contribution in [-0.2, 0) is 19.4 Å². The summed E-state index contributed by atoms with van der Waals surface area (Å²) in [5.74, 6) is -0.454. The van der Waals surface area contributed by atoms with Crippen LogP contribution in [0.4, 0.5) is 4.39 Å². The lowest BCUT2D eigenvalue weighted by Gasteiger charge is -2.06. The van der Waals surface area contributed by atoms with Crippen molar-refractivity contribution in [2.45, 2.75) is 32.7 Å². The van der Waals surface area contributed by atoms with Crippen LogP contribution < -0.4 is 5.32 Å². The summed E-state index contributed by atoms with van der Waals surface area (Å²) in [6, 6.07) is 6.44. The first-order valence-corrected chi connectivity index (χ1v) is 7.60. The van der Waals surface area contributed by atoms with Crippen molar-refractivity contribution in [3.05, 3.63) is 56.5 Å². The van der Waals surface area contributed by atoms with Crippen molar-refractivity contribution in [1.82, 2.24) is 5.32 Å². The van der Waals surface area contributed by atoms with Gasteiger partial charge in [0, 0.05) is 15.3 Å². The Morgan fingerprint density at radius 2 is 2.20 bits per heavy atom. The second kappa shape index (κ2) is 5.37. The molecule has 0 saturated heterocycles. The summed E-state index contributed by atoms with van der Waals surface area (Å²) in [4.78, 5) is 14.8. The van der Waals surface area contributed by atoms with Crippen molar-refractivity contribution in [3.63, 3.8) is 0 Å². The van der Waals surface area contributed by atoms with Crippen LogP contribution in [0.2, 0.25) is 0 Å². The first kappa shape index (κ1) is 13.3. The van der Waals surface area contributed by atoms with Crippen LogP contribution in [-0.4, -0.2) is 5.91 Å². The van der Waals surface area contributed by atoms with E-state index in [2.05, 4.69) is 11.4 Å². The molecule has 2 aromatic rings. The van der Waals surface area contributed by atoms with Crippen molar-refractivity contribution in [2.75, 3.05) is 0 Å². The molecule has 0 fully saturated rings. The number of thiophene rings is 1. The van der Waals surface area contributed by atoms with Gasteiger partial charge in [0.25, 0.3) is 5.91 Å². The zero-order valence-corrected chi connectivity index (χ0v) is 12.1. The van der Waals surface area contributed by atoms with Crippen LogP contribution in [0.1, 0.15) is 37.7 Å². The summed E-state index contributed by atoms with van der Waals surface area (Å²) in [6.07, 6.45) is 3.59. The molecule has 0 aliphatic heterocycles. The van der Waals surface area contributed by atoms with E-state index in [-0.39, 0.29) is 11.7 Å². The van der Waals surface area contributed by atoms with Crippen LogP contribution in [0, 0.1) is 12.7 Å². The molecule has 1 amide bonds. The predicted molar refractivity (Wildman–Crippen MR) is 78.7 cm³/mol. The lowest BCUT2D eigenvalue weighted by molar-refractivity contribution is 0.0950. The van der Waals surface area contributed by atoms with Crippen molar-refractivity contribution < 1.29 is 9.18 Å².